The van der Waals surface area contributed by atoms with Gasteiger partial charge in [-0.2, -0.15) is 0 Å². The van der Waals surface area contributed by atoms with Crippen molar-refractivity contribution in [1.29, 1.82) is 0 Å². The smallest absolute Gasteiger partial charge is 0.254 e. The van der Waals surface area contributed by atoms with Gasteiger partial charge in [0.25, 0.3) is 5.91 Å². The number of carbonyl (C=O) groups excluding carboxylic acids is 1. The molecule has 202 valence electrons. The van der Waals surface area contributed by atoms with E-state index in [1.165, 1.54) is 10.6 Å². The number of amides is 1. The molecule has 4 rings (SSSR count). The van der Waals surface area contributed by atoms with Crippen molar-refractivity contribution in [2.75, 3.05) is 51.3 Å². The highest BCUT2D eigenvalue weighted by Crippen LogP contribution is 2.27. The number of carbonyl (C=O) groups is 1. The summed E-state index contributed by atoms with van der Waals surface area (Å²) < 4.78 is 25.1. The van der Waals surface area contributed by atoms with E-state index in [0.717, 1.165) is 75.2 Å². The highest BCUT2D eigenvalue weighted by molar-refractivity contribution is 7.88. The van der Waals surface area contributed by atoms with Gasteiger partial charge >= 0.3 is 0 Å². The van der Waals surface area contributed by atoms with Crippen molar-refractivity contribution in [3.05, 3.63) is 57.2 Å². The lowest BCUT2D eigenvalue weighted by molar-refractivity contribution is 0.0749. The number of benzene rings is 1. The van der Waals surface area contributed by atoms with Gasteiger partial charge in [-0.15, -0.1) is 0 Å². The Bertz CT molecular complexity index is 1220. The van der Waals surface area contributed by atoms with Crippen molar-refractivity contribution in [2.24, 2.45) is 0 Å². The van der Waals surface area contributed by atoms with Crippen LogP contribution in [-0.4, -0.2) is 85.5 Å². The fourth-order valence-electron chi connectivity index (χ4n) is 5.13. The molecule has 0 aliphatic carbocycles. The Morgan fingerprint density at radius 1 is 1.11 bits per heavy atom. The van der Waals surface area contributed by atoms with Crippen molar-refractivity contribution >= 4 is 45.0 Å². The zero-order valence-corrected chi connectivity index (χ0v) is 23.7. The van der Waals surface area contributed by atoms with E-state index < -0.39 is 10.0 Å². The van der Waals surface area contributed by atoms with Gasteiger partial charge in [0.05, 0.1) is 16.3 Å². The fraction of sp³-hybridized carbons (Fsp3) is 0.538. The lowest BCUT2D eigenvalue weighted by atomic mass is 10.0. The maximum absolute atomic E-state index is 13.4. The number of aromatic nitrogens is 1. The normalized spacial score (nSPS) is 17.6. The van der Waals surface area contributed by atoms with Crippen LogP contribution < -0.4 is 5.32 Å². The predicted octanol–water partition coefficient (Wildman–Crippen LogP) is 4.13. The largest absolute Gasteiger partial charge is 0.366 e. The first-order chi connectivity index (χ1) is 17.6. The number of hydrogen-bond acceptors (Lipinski definition) is 6. The summed E-state index contributed by atoms with van der Waals surface area (Å²) in [5, 5.41) is 4.41. The molecule has 8 nitrogen and oxygen atoms in total. The van der Waals surface area contributed by atoms with E-state index in [1.807, 2.05) is 23.1 Å². The van der Waals surface area contributed by atoms with Gasteiger partial charge in [-0.3, -0.25) is 4.79 Å². The van der Waals surface area contributed by atoms with E-state index in [9.17, 15) is 13.2 Å². The molecule has 0 atom stereocenters. The Labute approximate surface area is 230 Å². The zero-order valence-electron chi connectivity index (χ0n) is 21.4. The minimum Gasteiger partial charge on any atom is -0.366 e. The first-order valence-corrected chi connectivity index (χ1v) is 15.3. The van der Waals surface area contributed by atoms with E-state index in [4.69, 9.17) is 23.2 Å². The number of anilines is 1. The summed E-state index contributed by atoms with van der Waals surface area (Å²) in [4.78, 5) is 22.2. The Kier molecular flexibility index (Phi) is 9.34. The molecule has 0 bridgehead atoms. The average molecular weight is 569 g/mol. The summed E-state index contributed by atoms with van der Waals surface area (Å²) >= 11 is 12.2. The molecule has 1 saturated heterocycles. The topological polar surface area (TPSA) is 85.8 Å². The number of halogens is 2. The second kappa shape index (κ2) is 12.3. The molecule has 37 heavy (non-hydrogen) atoms. The molecule has 1 amide bonds. The van der Waals surface area contributed by atoms with E-state index in [0.29, 0.717) is 28.7 Å². The summed E-state index contributed by atoms with van der Waals surface area (Å²) in [5.74, 6) is 0.793. The van der Waals surface area contributed by atoms with Gasteiger partial charge in [0.1, 0.15) is 5.82 Å². The molecule has 1 aromatic carbocycles. The number of nitrogens with zero attached hydrogens (tertiary/aromatic N) is 4. The maximum Gasteiger partial charge on any atom is 0.254 e. The van der Waals surface area contributed by atoms with Crippen LogP contribution >= 0.6 is 23.2 Å². The van der Waals surface area contributed by atoms with Gasteiger partial charge < -0.3 is 15.1 Å². The molecule has 2 aliphatic heterocycles. The first-order valence-electron chi connectivity index (χ1n) is 12.7. The van der Waals surface area contributed by atoms with E-state index >= 15 is 0 Å². The van der Waals surface area contributed by atoms with Gasteiger partial charge in [-0.1, -0.05) is 29.3 Å². The average Bonchev–Trinajstić information content (AvgIpc) is 3.03. The van der Waals surface area contributed by atoms with Crippen molar-refractivity contribution in [1.82, 2.24) is 19.1 Å². The SMILES string of the molecule is CN(C1CCN(CCCN2CCCc3c(ccnc3NCc3ccc(Cl)c(Cl)c3)C2=O)CC1)S(C)(=O)=O. The summed E-state index contributed by atoms with van der Waals surface area (Å²) in [6, 6.07) is 7.42. The number of likely N-dealkylation sites (tertiary alicyclic amines) is 1. The molecule has 1 aromatic heterocycles. The second-order valence-corrected chi connectivity index (χ2v) is 12.7. The highest BCUT2D eigenvalue weighted by Gasteiger charge is 2.28. The second-order valence-electron chi connectivity index (χ2n) is 9.89. The monoisotopic (exact) mass is 567 g/mol. The minimum absolute atomic E-state index is 0.0565. The Hall–Kier alpha value is -1.91. The van der Waals surface area contributed by atoms with Gasteiger partial charge in [0.2, 0.25) is 10.0 Å². The molecule has 0 radical (unpaired) electrons. The molecular formula is C26H35Cl2N5O3S. The quantitative estimate of drug-likeness (QED) is 0.490. The van der Waals surface area contributed by atoms with Crippen LogP contribution in [0.1, 0.15) is 47.2 Å². The van der Waals surface area contributed by atoms with Crippen LogP contribution in [0, 0.1) is 0 Å². The third-order valence-electron chi connectivity index (χ3n) is 7.37. The first kappa shape index (κ1) is 28.1. The summed E-state index contributed by atoms with van der Waals surface area (Å²) in [7, 11) is -1.49. The molecule has 1 N–H and O–H groups in total. The number of pyridine rings is 1. The van der Waals surface area contributed by atoms with E-state index in [-0.39, 0.29) is 11.9 Å². The van der Waals surface area contributed by atoms with Crippen LogP contribution in [0.3, 0.4) is 0 Å². The van der Waals surface area contributed by atoms with E-state index in [1.54, 1.807) is 19.3 Å². The number of fused-ring (bicyclic) bond motifs is 1. The third kappa shape index (κ3) is 7.15. The molecule has 0 spiro atoms. The number of hydrogen-bond donors (Lipinski definition) is 1. The molecule has 2 aliphatic rings. The van der Waals surface area contributed by atoms with Crippen LogP contribution in [0.4, 0.5) is 5.82 Å². The van der Waals surface area contributed by atoms with Crippen molar-refractivity contribution in [3.8, 4) is 0 Å². The van der Waals surface area contributed by atoms with Gasteiger partial charge in [0.15, 0.2) is 0 Å². The fourth-order valence-corrected chi connectivity index (χ4v) is 6.20. The van der Waals surface area contributed by atoms with Crippen LogP contribution in [0.15, 0.2) is 30.5 Å². The van der Waals surface area contributed by atoms with Gasteiger partial charge in [0, 0.05) is 50.0 Å². The van der Waals surface area contributed by atoms with Crippen molar-refractivity contribution in [2.45, 2.75) is 44.7 Å². The highest BCUT2D eigenvalue weighted by atomic mass is 35.5. The molecule has 0 unspecified atom stereocenters. The van der Waals surface area contributed by atoms with Crippen LogP contribution in [-0.2, 0) is 23.0 Å². The number of rotatable bonds is 9. The van der Waals surface area contributed by atoms with Crippen molar-refractivity contribution in [3.63, 3.8) is 0 Å². The third-order valence-corrected chi connectivity index (χ3v) is 9.45. The molecule has 3 heterocycles. The number of piperidine rings is 1. The summed E-state index contributed by atoms with van der Waals surface area (Å²) in [6.07, 6.45) is 7.19. The number of nitrogens with one attached hydrogen (secondary N) is 1. The molecule has 0 saturated carbocycles. The maximum atomic E-state index is 13.4. The Morgan fingerprint density at radius 3 is 2.57 bits per heavy atom. The zero-order chi connectivity index (χ0) is 26.6. The van der Waals surface area contributed by atoms with Gasteiger partial charge in [-0.25, -0.2) is 17.7 Å². The minimum atomic E-state index is -3.16. The molecular weight excluding hydrogens is 533 g/mol. The van der Waals surface area contributed by atoms with Crippen LogP contribution in [0.2, 0.25) is 10.0 Å². The van der Waals surface area contributed by atoms with Gasteiger partial charge in [-0.05, 0) is 75.5 Å². The summed E-state index contributed by atoms with van der Waals surface area (Å²) in [5.41, 5.74) is 2.67. The lowest BCUT2D eigenvalue weighted by Gasteiger charge is -2.36. The van der Waals surface area contributed by atoms with Crippen LogP contribution in [0.25, 0.3) is 0 Å². The lowest BCUT2D eigenvalue weighted by Crippen LogP contribution is -2.45. The molecule has 11 heteroatoms. The Balaban J connectivity index is 1.31. The molecule has 1 fully saturated rings. The number of sulfonamides is 1. The van der Waals surface area contributed by atoms with Crippen LogP contribution in [0.5, 0.6) is 0 Å². The Morgan fingerprint density at radius 2 is 1.86 bits per heavy atom. The summed E-state index contributed by atoms with van der Waals surface area (Å²) in [6.45, 7) is 4.62. The molecule has 2 aromatic rings. The van der Waals surface area contributed by atoms with E-state index in [2.05, 4.69) is 15.2 Å². The standard InChI is InChI=1S/C26H35Cl2N5O3S/c1-31(37(2,35)36)20-9-15-32(16-10-20)12-4-14-33-13-3-5-21-22(26(33)34)8-11-29-25(21)30-18-19-6-7-23(27)24(28)17-19/h6-8,11,17,20H,3-5,9-10,12-16,18H2,1-2H3,(H,29,30). The predicted molar refractivity (Wildman–Crippen MR) is 149 cm³/mol. The van der Waals surface area contributed by atoms with Crippen molar-refractivity contribution < 1.29 is 13.2 Å².